The van der Waals surface area contributed by atoms with Crippen LogP contribution >= 0.6 is 0 Å². The van der Waals surface area contributed by atoms with Crippen molar-refractivity contribution in [3.05, 3.63) is 83.9 Å². The number of benzene rings is 3. The van der Waals surface area contributed by atoms with Gasteiger partial charge in [0, 0.05) is 51.0 Å². The Labute approximate surface area is 297 Å². The molecule has 0 bridgehead atoms. The Morgan fingerprint density at radius 2 is 1.52 bits per heavy atom. The number of unbranched alkanes of at least 4 members (excludes halogenated alkanes) is 2. The fourth-order valence-electron chi connectivity index (χ4n) is 7.68. The molecule has 0 aromatic heterocycles. The normalized spacial score (nSPS) is 19.5. The average Bonchev–Trinajstić information content (AvgIpc) is 3.13. The average molecular weight is 683 g/mol. The van der Waals surface area contributed by atoms with Crippen molar-refractivity contribution in [1.82, 2.24) is 20.4 Å². The highest BCUT2D eigenvalue weighted by molar-refractivity contribution is 5.92. The third-order valence-corrected chi connectivity index (χ3v) is 10.9. The molecule has 5 rings (SSSR count). The van der Waals surface area contributed by atoms with Crippen LogP contribution in [0.3, 0.4) is 0 Å². The topological polar surface area (TPSA) is 126 Å². The van der Waals surface area contributed by atoms with Gasteiger partial charge in [0.25, 0.3) is 0 Å². The fourth-order valence-corrected chi connectivity index (χ4v) is 7.68. The maximum atomic E-state index is 14.6. The van der Waals surface area contributed by atoms with Crippen LogP contribution in [-0.2, 0) is 32.0 Å². The SMILES string of the molecule is CCNC(=O)[C@]1(Cc2ccccc2)CCCN(C(=O)[C@@H](Cc2ccc3ccccc3c2)NC(=O)C2(C)CCN(C(=O)CCCCC[NH3+])CC2)C1. The first-order chi connectivity index (χ1) is 24.2. The van der Waals surface area contributed by atoms with Gasteiger partial charge in [0.15, 0.2) is 0 Å². The quantitative estimate of drug-likeness (QED) is 0.220. The number of hydrogen-bond acceptors (Lipinski definition) is 4. The van der Waals surface area contributed by atoms with E-state index in [9.17, 15) is 19.2 Å². The molecule has 4 amide bonds. The van der Waals surface area contributed by atoms with E-state index in [4.69, 9.17) is 0 Å². The van der Waals surface area contributed by atoms with Crippen molar-refractivity contribution in [3.63, 3.8) is 0 Å². The lowest BCUT2D eigenvalue weighted by Gasteiger charge is -2.43. The van der Waals surface area contributed by atoms with Crippen molar-refractivity contribution in [2.24, 2.45) is 10.8 Å². The van der Waals surface area contributed by atoms with E-state index >= 15 is 0 Å². The molecule has 5 N–H and O–H groups in total. The molecule has 0 radical (unpaired) electrons. The van der Waals surface area contributed by atoms with Crippen LogP contribution in [0, 0.1) is 10.8 Å². The Bertz CT molecular complexity index is 1620. The van der Waals surface area contributed by atoms with Crippen LogP contribution in [0.15, 0.2) is 72.8 Å². The van der Waals surface area contributed by atoms with Gasteiger partial charge in [-0.3, -0.25) is 19.2 Å². The first kappa shape index (κ1) is 37.0. The minimum absolute atomic E-state index is 0.0346. The number of hydrogen-bond donors (Lipinski definition) is 3. The third kappa shape index (κ3) is 9.10. The first-order valence-electron chi connectivity index (χ1n) is 18.6. The summed E-state index contributed by atoms with van der Waals surface area (Å²) >= 11 is 0. The monoisotopic (exact) mass is 682 g/mol. The summed E-state index contributed by atoms with van der Waals surface area (Å²) in [6.07, 6.45) is 6.77. The van der Waals surface area contributed by atoms with Crippen molar-refractivity contribution in [2.45, 2.75) is 84.1 Å². The molecule has 2 atom stereocenters. The predicted octanol–water partition coefficient (Wildman–Crippen LogP) is 4.29. The van der Waals surface area contributed by atoms with E-state index < -0.39 is 16.9 Å². The summed E-state index contributed by atoms with van der Waals surface area (Å²) in [4.78, 5) is 59.1. The zero-order chi connectivity index (χ0) is 35.6. The molecule has 0 saturated carbocycles. The second kappa shape index (κ2) is 17.1. The number of carbonyl (C=O) groups is 4. The lowest BCUT2D eigenvalue weighted by Crippen LogP contribution is -2.59. The summed E-state index contributed by atoms with van der Waals surface area (Å²) in [5, 5.41) is 8.45. The molecular formula is C41H56N5O4+. The number of piperidine rings is 2. The van der Waals surface area contributed by atoms with E-state index in [1.807, 2.05) is 72.2 Å². The molecule has 268 valence electrons. The van der Waals surface area contributed by atoms with Gasteiger partial charge in [-0.2, -0.15) is 0 Å². The highest BCUT2D eigenvalue weighted by Gasteiger charge is 2.45. The lowest BCUT2D eigenvalue weighted by atomic mass is 9.74. The Morgan fingerprint density at radius 3 is 2.24 bits per heavy atom. The van der Waals surface area contributed by atoms with Gasteiger partial charge >= 0.3 is 0 Å². The highest BCUT2D eigenvalue weighted by atomic mass is 16.2. The number of nitrogens with zero attached hydrogens (tertiary/aromatic N) is 2. The summed E-state index contributed by atoms with van der Waals surface area (Å²) in [7, 11) is 0. The molecule has 3 aromatic carbocycles. The predicted molar refractivity (Wildman–Crippen MR) is 197 cm³/mol. The fraction of sp³-hybridized carbons (Fsp3) is 0.512. The summed E-state index contributed by atoms with van der Waals surface area (Å²) in [5.41, 5.74) is 4.44. The standard InChI is InChI=1S/C41H55N5O4/c1-3-43-39(50)41(29-31-13-6-4-7-14-31)20-12-24-46(30-41)37(48)35(28-32-18-19-33-15-9-10-16-34(33)27-32)44-38(49)40(2)21-25-45(26-22-40)36(47)17-8-5-11-23-42/h4,6-7,9-10,13-16,18-19,27,35H,3,5,8,11-12,17,20-26,28-30,42H2,1-2H3,(H,43,50)(H,44,49)/p+1/t35-,41+/m1/s1. The first-order valence-corrected chi connectivity index (χ1v) is 18.6. The van der Waals surface area contributed by atoms with Gasteiger partial charge in [-0.05, 0) is 80.2 Å². The van der Waals surface area contributed by atoms with Crippen LogP contribution < -0.4 is 16.4 Å². The molecule has 2 heterocycles. The molecule has 2 aliphatic heterocycles. The van der Waals surface area contributed by atoms with E-state index in [1.54, 1.807) is 0 Å². The number of likely N-dealkylation sites (tertiary alicyclic amines) is 2. The van der Waals surface area contributed by atoms with Crippen molar-refractivity contribution in [3.8, 4) is 0 Å². The minimum atomic E-state index is -0.796. The van der Waals surface area contributed by atoms with Crippen LogP contribution in [0.1, 0.15) is 76.3 Å². The second-order valence-corrected chi connectivity index (χ2v) is 14.7. The van der Waals surface area contributed by atoms with Crippen LogP contribution in [0.5, 0.6) is 0 Å². The number of rotatable bonds is 14. The van der Waals surface area contributed by atoms with Crippen molar-refractivity contribution in [1.29, 1.82) is 0 Å². The van der Waals surface area contributed by atoms with Gasteiger partial charge in [-0.25, -0.2) is 0 Å². The van der Waals surface area contributed by atoms with Gasteiger partial charge in [-0.15, -0.1) is 0 Å². The van der Waals surface area contributed by atoms with Crippen molar-refractivity contribution in [2.75, 3.05) is 39.3 Å². The zero-order valence-electron chi connectivity index (χ0n) is 30.1. The van der Waals surface area contributed by atoms with Gasteiger partial charge in [0.1, 0.15) is 6.04 Å². The summed E-state index contributed by atoms with van der Waals surface area (Å²) in [5.74, 6) is -0.202. The maximum Gasteiger partial charge on any atom is 0.245 e. The van der Waals surface area contributed by atoms with Gasteiger partial charge < -0.3 is 26.2 Å². The number of amides is 4. The number of nitrogens with one attached hydrogen (secondary N) is 2. The van der Waals surface area contributed by atoms with E-state index in [0.717, 1.165) is 47.7 Å². The van der Waals surface area contributed by atoms with E-state index in [0.29, 0.717) is 77.7 Å². The molecule has 9 heteroatoms. The van der Waals surface area contributed by atoms with Crippen LogP contribution in [-0.4, -0.2) is 78.7 Å². The smallest absolute Gasteiger partial charge is 0.245 e. The molecule has 0 aliphatic carbocycles. The van der Waals surface area contributed by atoms with Gasteiger partial charge in [-0.1, -0.05) is 79.7 Å². The van der Waals surface area contributed by atoms with E-state index in [2.05, 4.69) is 40.6 Å². The molecule has 0 unspecified atom stereocenters. The van der Waals surface area contributed by atoms with E-state index in [1.165, 1.54) is 0 Å². The Hall–Kier alpha value is -4.24. The van der Waals surface area contributed by atoms with Gasteiger partial charge in [0.2, 0.25) is 23.6 Å². The van der Waals surface area contributed by atoms with Crippen LogP contribution in [0.25, 0.3) is 10.8 Å². The van der Waals surface area contributed by atoms with Crippen LogP contribution in [0.2, 0.25) is 0 Å². The molecular weight excluding hydrogens is 626 g/mol. The van der Waals surface area contributed by atoms with Crippen LogP contribution in [0.4, 0.5) is 0 Å². The highest BCUT2D eigenvalue weighted by Crippen LogP contribution is 2.36. The molecule has 0 spiro atoms. The Kier molecular flexibility index (Phi) is 12.7. The summed E-state index contributed by atoms with van der Waals surface area (Å²) in [6, 6.07) is 23.5. The van der Waals surface area contributed by atoms with Crippen molar-refractivity contribution >= 4 is 34.4 Å². The third-order valence-electron chi connectivity index (χ3n) is 10.9. The summed E-state index contributed by atoms with van der Waals surface area (Å²) < 4.78 is 0. The van der Waals surface area contributed by atoms with Gasteiger partial charge in [0.05, 0.1) is 12.0 Å². The molecule has 2 aliphatic rings. The largest absolute Gasteiger partial charge is 0.358 e. The maximum absolute atomic E-state index is 14.6. The Morgan fingerprint density at radius 1 is 0.800 bits per heavy atom. The molecule has 2 saturated heterocycles. The molecule has 3 aromatic rings. The zero-order valence-corrected chi connectivity index (χ0v) is 30.1. The summed E-state index contributed by atoms with van der Waals surface area (Å²) in [6.45, 7) is 7.16. The molecule has 9 nitrogen and oxygen atoms in total. The van der Waals surface area contributed by atoms with Crippen molar-refractivity contribution < 1.29 is 24.9 Å². The second-order valence-electron chi connectivity index (χ2n) is 14.7. The number of carbonyl (C=O) groups excluding carboxylic acids is 4. The molecule has 2 fully saturated rings. The Balaban J connectivity index is 1.35. The minimum Gasteiger partial charge on any atom is -0.358 e. The number of fused-ring (bicyclic) bond motifs is 1. The number of quaternary nitrogens is 1. The van der Waals surface area contributed by atoms with E-state index in [-0.39, 0.29) is 23.6 Å². The lowest BCUT2D eigenvalue weighted by molar-refractivity contribution is -0.368. The molecule has 50 heavy (non-hydrogen) atoms.